The van der Waals surface area contributed by atoms with Crippen LogP contribution in [0.4, 0.5) is 21.7 Å². The topological polar surface area (TPSA) is 99.2 Å². The lowest BCUT2D eigenvalue weighted by atomic mass is 9.98. The van der Waals surface area contributed by atoms with Crippen molar-refractivity contribution >= 4 is 27.3 Å². The quantitative estimate of drug-likeness (QED) is 0.599. The summed E-state index contributed by atoms with van der Waals surface area (Å²) in [5.41, 5.74) is 0.145. The number of nitrogens with one attached hydrogen (secondary N) is 3. The first-order chi connectivity index (χ1) is 13.9. The smallest absolute Gasteiger partial charge is 0.240 e. The van der Waals surface area contributed by atoms with Crippen LogP contribution in [-0.2, 0) is 10.0 Å². The summed E-state index contributed by atoms with van der Waals surface area (Å²) in [4.78, 5) is 10.4. The molecule has 0 aliphatic carbocycles. The molecule has 0 bridgehead atoms. The maximum absolute atomic E-state index is 14.5. The zero-order valence-electron chi connectivity index (χ0n) is 16.7. The summed E-state index contributed by atoms with van der Waals surface area (Å²) in [6, 6.07) is 5.49. The van der Waals surface area contributed by atoms with Crippen molar-refractivity contribution in [1.29, 1.82) is 0 Å². The Hall–Kier alpha value is -2.30. The minimum atomic E-state index is -3.71. The zero-order chi connectivity index (χ0) is 20.9. The van der Waals surface area contributed by atoms with Gasteiger partial charge in [0.05, 0.1) is 10.6 Å². The van der Waals surface area contributed by atoms with Crippen LogP contribution in [0.25, 0.3) is 0 Å². The summed E-state index contributed by atoms with van der Waals surface area (Å²) >= 11 is 0. The Morgan fingerprint density at radius 3 is 2.69 bits per heavy atom. The van der Waals surface area contributed by atoms with Crippen LogP contribution in [0.15, 0.2) is 35.5 Å². The van der Waals surface area contributed by atoms with E-state index in [9.17, 15) is 12.8 Å². The SMILES string of the molecule is CCNS(=O)(=O)c1ccc(Nc2cc(N(C)CC3CCNCC3)ncn2)c(F)c1. The van der Waals surface area contributed by atoms with Gasteiger partial charge in [-0.15, -0.1) is 0 Å². The van der Waals surface area contributed by atoms with E-state index in [0.717, 1.165) is 44.4 Å². The Morgan fingerprint density at radius 1 is 1.24 bits per heavy atom. The molecule has 0 radical (unpaired) electrons. The van der Waals surface area contributed by atoms with Crippen molar-refractivity contribution in [2.75, 3.05) is 43.4 Å². The number of halogens is 1. The number of benzene rings is 1. The van der Waals surface area contributed by atoms with Crippen molar-refractivity contribution in [2.24, 2.45) is 5.92 Å². The highest BCUT2D eigenvalue weighted by Gasteiger charge is 2.17. The highest BCUT2D eigenvalue weighted by atomic mass is 32.2. The summed E-state index contributed by atoms with van der Waals surface area (Å²) in [5.74, 6) is 1.12. The molecule has 29 heavy (non-hydrogen) atoms. The Kier molecular flexibility index (Phi) is 6.99. The fraction of sp³-hybridized carbons (Fsp3) is 0.474. The fourth-order valence-corrected chi connectivity index (χ4v) is 4.40. The van der Waals surface area contributed by atoms with Crippen molar-refractivity contribution in [3.63, 3.8) is 0 Å². The van der Waals surface area contributed by atoms with E-state index in [1.54, 1.807) is 13.0 Å². The predicted octanol–water partition coefficient (Wildman–Crippen LogP) is 2.09. The molecule has 0 saturated carbocycles. The first-order valence-corrected chi connectivity index (χ1v) is 11.2. The number of sulfonamides is 1. The lowest BCUT2D eigenvalue weighted by Gasteiger charge is -2.28. The van der Waals surface area contributed by atoms with Gasteiger partial charge in [0.2, 0.25) is 10.0 Å². The maximum atomic E-state index is 14.5. The molecule has 3 rings (SSSR count). The van der Waals surface area contributed by atoms with Crippen molar-refractivity contribution in [2.45, 2.75) is 24.7 Å². The molecular weight excluding hydrogens is 395 g/mol. The number of aromatic nitrogens is 2. The zero-order valence-corrected chi connectivity index (χ0v) is 17.5. The van der Waals surface area contributed by atoms with E-state index in [2.05, 4.69) is 30.2 Å². The van der Waals surface area contributed by atoms with Crippen LogP contribution >= 0.6 is 0 Å². The third-order valence-corrected chi connectivity index (χ3v) is 6.43. The van der Waals surface area contributed by atoms with E-state index in [4.69, 9.17) is 0 Å². The lowest BCUT2D eigenvalue weighted by molar-refractivity contribution is 0.377. The normalized spacial score (nSPS) is 15.3. The maximum Gasteiger partial charge on any atom is 0.240 e. The Balaban J connectivity index is 1.71. The Morgan fingerprint density at radius 2 is 2.00 bits per heavy atom. The molecule has 3 N–H and O–H groups in total. The second-order valence-electron chi connectivity index (χ2n) is 7.10. The molecule has 10 heteroatoms. The number of rotatable bonds is 8. The van der Waals surface area contributed by atoms with E-state index >= 15 is 0 Å². The van der Waals surface area contributed by atoms with Gasteiger partial charge < -0.3 is 15.5 Å². The van der Waals surface area contributed by atoms with Crippen LogP contribution in [0.5, 0.6) is 0 Å². The van der Waals surface area contributed by atoms with Crippen LogP contribution < -0.4 is 20.3 Å². The number of anilines is 3. The first-order valence-electron chi connectivity index (χ1n) is 9.69. The minimum Gasteiger partial charge on any atom is -0.359 e. The highest BCUT2D eigenvalue weighted by molar-refractivity contribution is 7.89. The highest BCUT2D eigenvalue weighted by Crippen LogP contribution is 2.24. The number of hydrogen-bond donors (Lipinski definition) is 3. The van der Waals surface area contributed by atoms with Crippen LogP contribution in [0.2, 0.25) is 0 Å². The van der Waals surface area contributed by atoms with Crippen LogP contribution in [-0.4, -0.2) is 51.6 Å². The molecule has 1 saturated heterocycles. The third kappa shape index (κ3) is 5.62. The van der Waals surface area contributed by atoms with Gasteiger partial charge in [0, 0.05) is 26.2 Å². The largest absolute Gasteiger partial charge is 0.359 e. The summed E-state index contributed by atoms with van der Waals surface area (Å²) in [7, 11) is -1.73. The lowest BCUT2D eigenvalue weighted by Crippen LogP contribution is -2.34. The molecule has 0 unspecified atom stereocenters. The molecule has 0 amide bonds. The summed E-state index contributed by atoms with van der Waals surface area (Å²) < 4.78 is 40.8. The van der Waals surface area contributed by atoms with Crippen molar-refractivity contribution in [1.82, 2.24) is 20.0 Å². The van der Waals surface area contributed by atoms with Gasteiger partial charge in [0.1, 0.15) is 23.8 Å². The molecule has 2 aromatic rings. The number of piperidine rings is 1. The van der Waals surface area contributed by atoms with E-state index < -0.39 is 15.8 Å². The molecule has 1 aliphatic heterocycles. The van der Waals surface area contributed by atoms with Crippen LogP contribution in [0.3, 0.4) is 0 Å². The predicted molar refractivity (Wildman–Crippen MR) is 111 cm³/mol. The molecule has 1 aromatic heterocycles. The van der Waals surface area contributed by atoms with E-state index in [1.165, 1.54) is 18.5 Å². The van der Waals surface area contributed by atoms with Gasteiger partial charge >= 0.3 is 0 Å². The van der Waals surface area contributed by atoms with Crippen LogP contribution in [0, 0.1) is 11.7 Å². The van der Waals surface area contributed by atoms with E-state index in [1.807, 2.05) is 7.05 Å². The fourth-order valence-electron chi connectivity index (χ4n) is 3.34. The summed E-state index contributed by atoms with van der Waals surface area (Å²) in [6.07, 6.45) is 3.69. The van der Waals surface area contributed by atoms with Crippen LogP contribution in [0.1, 0.15) is 19.8 Å². The van der Waals surface area contributed by atoms with E-state index in [0.29, 0.717) is 11.7 Å². The Labute approximate surface area is 171 Å². The third-order valence-electron chi connectivity index (χ3n) is 4.88. The molecule has 2 heterocycles. The standard InChI is InChI=1S/C19H27FN6O2S/c1-3-24-29(27,28)15-4-5-17(16(20)10-15)25-18-11-19(23-13-22-18)26(2)12-14-6-8-21-9-7-14/h4-5,10-11,13-14,21,24H,3,6-9,12H2,1-2H3,(H,22,23,25). The molecule has 1 aliphatic rings. The van der Waals surface area contributed by atoms with Gasteiger partial charge in [-0.1, -0.05) is 6.92 Å². The monoisotopic (exact) mass is 422 g/mol. The second kappa shape index (κ2) is 9.47. The number of hydrogen-bond acceptors (Lipinski definition) is 7. The molecule has 158 valence electrons. The van der Waals surface area contributed by atoms with Gasteiger partial charge in [0.15, 0.2) is 0 Å². The van der Waals surface area contributed by atoms with Crippen molar-refractivity contribution in [3.8, 4) is 0 Å². The Bertz CT molecular complexity index is 934. The van der Waals surface area contributed by atoms with Gasteiger partial charge in [0.25, 0.3) is 0 Å². The van der Waals surface area contributed by atoms with Crippen molar-refractivity contribution in [3.05, 3.63) is 36.4 Å². The molecule has 0 atom stereocenters. The average Bonchev–Trinajstić information content (AvgIpc) is 2.70. The summed E-state index contributed by atoms with van der Waals surface area (Å²) in [6.45, 7) is 4.86. The second-order valence-corrected chi connectivity index (χ2v) is 8.87. The molecule has 1 fully saturated rings. The summed E-state index contributed by atoms with van der Waals surface area (Å²) in [5, 5.41) is 6.26. The van der Waals surface area contributed by atoms with Gasteiger partial charge in [-0.25, -0.2) is 27.5 Å². The van der Waals surface area contributed by atoms with Gasteiger partial charge in [-0.05, 0) is 50.0 Å². The molecule has 8 nitrogen and oxygen atoms in total. The molecular formula is C19H27FN6O2S. The van der Waals surface area contributed by atoms with E-state index in [-0.39, 0.29) is 17.1 Å². The van der Waals surface area contributed by atoms with Gasteiger partial charge in [-0.3, -0.25) is 0 Å². The van der Waals surface area contributed by atoms with Gasteiger partial charge in [-0.2, -0.15) is 0 Å². The molecule has 0 spiro atoms. The molecule has 1 aromatic carbocycles. The first kappa shape index (κ1) is 21.4. The minimum absolute atomic E-state index is 0.118. The number of nitrogens with zero attached hydrogens (tertiary/aromatic N) is 3. The average molecular weight is 423 g/mol. The van der Waals surface area contributed by atoms with Crippen molar-refractivity contribution < 1.29 is 12.8 Å².